The van der Waals surface area contributed by atoms with E-state index in [0.717, 1.165) is 11.6 Å². The van der Waals surface area contributed by atoms with Gasteiger partial charge in [0.05, 0.1) is 5.69 Å². The van der Waals surface area contributed by atoms with Crippen LogP contribution < -0.4 is 0 Å². The van der Waals surface area contributed by atoms with E-state index in [1.165, 1.54) is 52.4 Å². The molecule has 1 heterocycles. The molecule has 2 unspecified atom stereocenters. The van der Waals surface area contributed by atoms with Crippen molar-refractivity contribution in [1.29, 1.82) is 0 Å². The summed E-state index contributed by atoms with van der Waals surface area (Å²) in [6.45, 7) is 0. The fraction of sp³-hybridized carbons (Fsp3) is 0.192. The van der Waals surface area contributed by atoms with Crippen LogP contribution in [0.4, 0.5) is 0 Å². The van der Waals surface area contributed by atoms with E-state index in [9.17, 15) is 0 Å². The van der Waals surface area contributed by atoms with Crippen molar-refractivity contribution < 1.29 is 0 Å². The van der Waals surface area contributed by atoms with Crippen molar-refractivity contribution in [2.75, 3.05) is 0 Å². The molecule has 27 heavy (non-hydrogen) atoms. The second-order valence-corrected chi connectivity index (χ2v) is 7.96. The van der Waals surface area contributed by atoms with Crippen LogP contribution in [-0.4, -0.2) is 4.98 Å². The van der Waals surface area contributed by atoms with Gasteiger partial charge in [-0.2, -0.15) is 0 Å². The first kappa shape index (κ1) is 15.2. The molecule has 1 saturated carbocycles. The third-order valence-electron chi connectivity index (χ3n) is 6.47. The van der Waals surface area contributed by atoms with Gasteiger partial charge in [0.15, 0.2) is 0 Å². The largest absolute Gasteiger partial charge is 0.252 e. The lowest BCUT2D eigenvalue weighted by Crippen LogP contribution is -2.04. The summed E-state index contributed by atoms with van der Waals surface area (Å²) < 4.78 is 0. The molecule has 1 fully saturated rings. The Morgan fingerprint density at radius 1 is 0.593 bits per heavy atom. The molecule has 4 aromatic rings. The zero-order valence-electron chi connectivity index (χ0n) is 15.2. The number of hydrogen-bond donors (Lipinski definition) is 0. The zero-order chi connectivity index (χ0) is 17.8. The summed E-state index contributed by atoms with van der Waals surface area (Å²) in [7, 11) is 0. The highest BCUT2D eigenvalue weighted by atomic mass is 14.8. The average Bonchev–Trinajstić information content (AvgIpc) is 3.36. The van der Waals surface area contributed by atoms with E-state index in [0.29, 0.717) is 5.92 Å². The summed E-state index contributed by atoms with van der Waals surface area (Å²) in [5, 5.41) is 2.73. The molecule has 1 heteroatoms. The van der Waals surface area contributed by atoms with E-state index in [4.69, 9.17) is 4.98 Å². The van der Waals surface area contributed by atoms with E-state index < -0.39 is 0 Å². The van der Waals surface area contributed by atoms with Gasteiger partial charge >= 0.3 is 0 Å². The Morgan fingerprint density at radius 2 is 1.22 bits per heavy atom. The molecule has 0 amide bonds. The van der Waals surface area contributed by atoms with Gasteiger partial charge in [-0.05, 0) is 47.3 Å². The van der Waals surface area contributed by atoms with Crippen LogP contribution in [0.1, 0.15) is 42.4 Å². The molecule has 0 spiro atoms. The van der Waals surface area contributed by atoms with Gasteiger partial charge in [0.2, 0.25) is 0 Å². The molecule has 3 aromatic carbocycles. The first-order valence-electron chi connectivity index (χ1n) is 9.97. The minimum atomic E-state index is 0.678. The maximum atomic E-state index is 5.24. The number of fused-ring (bicyclic) bond motifs is 7. The predicted molar refractivity (Wildman–Crippen MR) is 112 cm³/mol. The molecule has 6 rings (SSSR count). The van der Waals surface area contributed by atoms with Crippen LogP contribution in [0, 0.1) is 0 Å². The van der Waals surface area contributed by atoms with Crippen LogP contribution in [0.3, 0.4) is 0 Å². The summed E-state index contributed by atoms with van der Waals surface area (Å²) in [6, 6.07) is 28.3. The highest BCUT2D eigenvalue weighted by molar-refractivity contribution is 5.98. The molecule has 0 radical (unpaired) electrons. The van der Waals surface area contributed by atoms with Crippen molar-refractivity contribution in [3.8, 4) is 22.4 Å². The summed E-state index contributed by atoms with van der Waals surface area (Å²) in [5.74, 6) is 1.41. The monoisotopic (exact) mass is 347 g/mol. The van der Waals surface area contributed by atoms with Gasteiger partial charge in [-0.1, -0.05) is 78.9 Å². The van der Waals surface area contributed by atoms with Gasteiger partial charge in [-0.25, -0.2) is 0 Å². The molecule has 0 N–H and O–H groups in total. The molecule has 2 bridgehead atoms. The Labute approximate surface area is 159 Å². The van der Waals surface area contributed by atoms with Gasteiger partial charge in [-0.3, -0.25) is 4.98 Å². The second kappa shape index (κ2) is 5.79. The number of pyridine rings is 1. The third kappa shape index (κ3) is 2.28. The Balaban J connectivity index is 1.52. The summed E-state index contributed by atoms with van der Waals surface area (Å²) >= 11 is 0. The van der Waals surface area contributed by atoms with Crippen molar-refractivity contribution in [1.82, 2.24) is 4.98 Å². The lowest BCUT2D eigenvalue weighted by atomic mass is 9.89. The molecule has 1 aromatic heterocycles. The predicted octanol–water partition coefficient (Wildman–Crippen LogP) is 6.93. The van der Waals surface area contributed by atoms with Crippen LogP contribution in [0.2, 0.25) is 0 Å². The first-order chi connectivity index (χ1) is 13.4. The quantitative estimate of drug-likeness (QED) is 0.383. The molecule has 2 aliphatic carbocycles. The molecule has 0 aliphatic heterocycles. The molecule has 130 valence electrons. The smallest absolute Gasteiger partial charge is 0.0783 e. The van der Waals surface area contributed by atoms with Gasteiger partial charge in [-0.15, -0.1) is 0 Å². The minimum Gasteiger partial charge on any atom is -0.252 e. The normalized spacial score (nSPS) is 20.1. The minimum absolute atomic E-state index is 0.678. The molecule has 2 atom stereocenters. The number of rotatable bonds is 2. The van der Waals surface area contributed by atoms with Crippen molar-refractivity contribution in [3.63, 3.8) is 0 Å². The molecule has 1 nitrogen and oxygen atoms in total. The van der Waals surface area contributed by atoms with Crippen LogP contribution in [0.5, 0.6) is 0 Å². The highest BCUT2D eigenvalue weighted by Gasteiger charge is 2.39. The highest BCUT2D eigenvalue weighted by Crippen LogP contribution is 2.55. The lowest BCUT2D eigenvalue weighted by molar-refractivity contribution is 0.702. The fourth-order valence-corrected chi connectivity index (χ4v) is 5.21. The van der Waals surface area contributed by atoms with E-state index in [2.05, 4.69) is 78.9 Å². The molecule has 0 saturated heterocycles. The fourth-order valence-electron chi connectivity index (χ4n) is 5.21. The summed E-state index contributed by atoms with van der Waals surface area (Å²) in [6.07, 6.45) is 3.96. The van der Waals surface area contributed by atoms with Crippen LogP contribution in [0.25, 0.3) is 33.2 Å². The van der Waals surface area contributed by atoms with Crippen molar-refractivity contribution in [2.45, 2.75) is 31.1 Å². The second-order valence-electron chi connectivity index (χ2n) is 7.96. The van der Waals surface area contributed by atoms with E-state index in [1.54, 1.807) is 5.56 Å². The van der Waals surface area contributed by atoms with Gasteiger partial charge in [0, 0.05) is 22.6 Å². The van der Waals surface area contributed by atoms with Gasteiger partial charge in [0.1, 0.15) is 0 Å². The topological polar surface area (TPSA) is 12.9 Å². The Morgan fingerprint density at radius 3 is 2.04 bits per heavy atom. The van der Waals surface area contributed by atoms with Crippen molar-refractivity contribution in [2.24, 2.45) is 0 Å². The van der Waals surface area contributed by atoms with Crippen LogP contribution in [-0.2, 0) is 0 Å². The molecular formula is C26H21N. The third-order valence-corrected chi connectivity index (χ3v) is 6.47. The molecule has 2 aliphatic rings. The van der Waals surface area contributed by atoms with Crippen LogP contribution >= 0.6 is 0 Å². The number of nitrogens with zero attached hydrogens (tertiary/aromatic N) is 1. The number of aromatic nitrogens is 1. The maximum absolute atomic E-state index is 5.24. The Bertz CT molecular complexity index is 1140. The number of hydrogen-bond acceptors (Lipinski definition) is 1. The van der Waals surface area contributed by atoms with E-state index in [1.807, 2.05) is 0 Å². The Hall–Kier alpha value is -2.93. The standard InChI is InChI=1S/C26H21N/c1-2-6-17(7-3-1)18-10-12-19(13-11-18)25-23-9-5-4-8-22(23)24-20-14-15-21(16-20)26(24)27-25/h1-13,20-21H,14-16H2. The maximum Gasteiger partial charge on any atom is 0.0783 e. The summed E-state index contributed by atoms with van der Waals surface area (Å²) in [4.78, 5) is 5.24. The van der Waals surface area contributed by atoms with E-state index in [-0.39, 0.29) is 0 Å². The first-order valence-corrected chi connectivity index (χ1v) is 9.97. The van der Waals surface area contributed by atoms with Crippen molar-refractivity contribution >= 4 is 10.8 Å². The SMILES string of the molecule is c1ccc(-c2ccc(-c3nc4c(c5ccccc35)C3CCC4C3)cc2)cc1. The number of benzene rings is 3. The van der Waals surface area contributed by atoms with Crippen LogP contribution in [0.15, 0.2) is 78.9 Å². The Kier molecular flexibility index (Phi) is 3.25. The summed E-state index contributed by atoms with van der Waals surface area (Å²) in [5.41, 5.74) is 7.81. The van der Waals surface area contributed by atoms with Gasteiger partial charge < -0.3 is 0 Å². The molecular weight excluding hydrogens is 326 g/mol. The zero-order valence-corrected chi connectivity index (χ0v) is 15.2. The van der Waals surface area contributed by atoms with Gasteiger partial charge in [0.25, 0.3) is 0 Å². The van der Waals surface area contributed by atoms with E-state index >= 15 is 0 Å². The van der Waals surface area contributed by atoms with Crippen molar-refractivity contribution in [3.05, 3.63) is 90.1 Å². The lowest BCUT2D eigenvalue weighted by Gasteiger charge is -2.19. The average molecular weight is 347 g/mol.